The molecule has 0 bridgehead atoms. The summed E-state index contributed by atoms with van der Waals surface area (Å²) >= 11 is 0. The van der Waals surface area contributed by atoms with Crippen molar-refractivity contribution >= 4 is 5.97 Å². The first kappa shape index (κ1) is 15.4. The average molecular weight is 232 g/mol. The number of esters is 1. The molecule has 0 aromatic heterocycles. The summed E-state index contributed by atoms with van der Waals surface area (Å²) in [6, 6.07) is 0. The summed E-state index contributed by atoms with van der Waals surface area (Å²) < 4.78 is 15.9. The largest absolute Gasteiger partial charge is 0.466 e. The maximum atomic E-state index is 11.6. The Morgan fingerprint density at radius 1 is 1.12 bits per heavy atom. The van der Waals surface area contributed by atoms with E-state index in [2.05, 4.69) is 0 Å². The summed E-state index contributed by atoms with van der Waals surface area (Å²) in [5.41, 5.74) is 0. The molecule has 0 aliphatic carbocycles. The fourth-order valence-corrected chi connectivity index (χ4v) is 1.61. The normalized spacial score (nSPS) is 16.6. The summed E-state index contributed by atoms with van der Waals surface area (Å²) in [7, 11) is 0. The van der Waals surface area contributed by atoms with Gasteiger partial charge in [-0.15, -0.1) is 0 Å². The molecule has 0 aliphatic rings. The van der Waals surface area contributed by atoms with E-state index < -0.39 is 0 Å². The zero-order valence-electron chi connectivity index (χ0n) is 11.0. The Hall–Kier alpha value is -0.610. The summed E-state index contributed by atoms with van der Waals surface area (Å²) in [6.45, 7) is 10.4. The summed E-state index contributed by atoms with van der Waals surface area (Å²) in [5.74, 6) is -0.413. The van der Waals surface area contributed by atoms with Crippen LogP contribution < -0.4 is 0 Å². The van der Waals surface area contributed by atoms with Gasteiger partial charge in [-0.1, -0.05) is 6.92 Å². The van der Waals surface area contributed by atoms with Crippen LogP contribution in [-0.2, 0) is 19.0 Å². The minimum absolute atomic E-state index is 0.189. The Morgan fingerprint density at radius 3 is 2.19 bits per heavy atom. The number of ether oxygens (including phenoxy) is 3. The van der Waals surface area contributed by atoms with Crippen LogP contribution in [0.25, 0.3) is 0 Å². The molecule has 0 heterocycles. The highest BCUT2D eigenvalue weighted by atomic mass is 16.7. The maximum Gasteiger partial charge on any atom is 0.311 e. The van der Waals surface area contributed by atoms with Crippen molar-refractivity contribution in [3.05, 3.63) is 0 Å². The molecule has 0 aromatic rings. The zero-order chi connectivity index (χ0) is 12.6. The van der Waals surface area contributed by atoms with Gasteiger partial charge in [-0.3, -0.25) is 4.79 Å². The molecular formula is C12H24O4. The lowest BCUT2D eigenvalue weighted by Crippen LogP contribution is -2.32. The highest BCUT2D eigenvalue weighted by Gasteiger charge is 2.26. The van der Waals surface area contributed by atoms with E-state index in [1.807, 2.05) is 27.7 Å². The van der Waals surface area contributed by atoms with E-state index >= 15 is 0 Å². The minimum Gasteiger partial charge on any atom is -0.466 e. The Labute approximate surface area is 98.3 Å². The van der Waals surface area contributed by atoms with Gasteiger partial charge in [-0.2, -0.15) is 0 Å². The van der Waals surface area contributed by atoms with Gasteiger partial charge in [-0.05, 0) is 34.1 Å². The molecule has 96 valence electrons. The van der Waals surface area contributed by atoms with Crippen LogP contribution in [0.4, 0.5) is 0 Å². The van der Waals surface area contributed by atoms with E-state index in [1.165, 1.54) is 0 Å². The van der Waals surface area contributed by atoms with Gasteiger partial charge in [0.2, 0.25) is 0 Å². The molecule has 0 aromatic carbocycles. The molecule has 0 spiro atoms. The maximum absolute atomic E-state index is 11.6. The van der Waals surface area contributed by atoms with Gasteiger partial charge in [0, 0.05) is 6.61 Å². The first-order valence-corrected chi connectivity index (χ1v) is 6.00. The number of rotatable bonds is 8. The van der Waals surface area contributed by atoms with Crippen molar-refractivity contribution < 1.29 is 19.0 Å². The van der Waals surface area contributed by atoms with Crippen molar-refractivity contribution in [2.45, 2.75) is 53.4 Å². The molecule has 0 amide bonds. The monoisotopic (exact) mass is 232 g/mol. The topological polar surface area (TPSA) is 44.8 Å². The molecule has 4 nitrogen and oxygen atoms in total. The van der Waals surface area contributed by atoms with Crippen LogP contribution in [0, 0.1) is 5.92 Å². The Bertz CT molecular complexity index is 193. The van der Waals surface area contributed by atoms with Gasteiger partial charge >= 0.3 is 5.97 Å². The van der Waals surface area contributed by atoms with Gasteiger partial charge in [0.15, 0.2) is 6.29 Å². The van der Waals surface area contributed by atoms with E-state index in [1.54, 1.807) is 6.92 Å². The highest BCUT2D eigenvalue weighted by Crippen LogP contribution is 2.16. The van der Waals surface area contributed by atoms with Crippen LogP contribution in [0.1, 0.15) is 41.0 Å². The standard InChI is InChI=1S/C12H24O4/c1-6-11(12(13)15-8-3)9(4)16-10(5)14-7-2/h9-11H,6-8H2,1-5H3. The van der Waals surface area contributed by atoms with Crippen molar-refractivity contribution in [3.8, 4) is 0 Å². The van der Waals surface area contributed by atoms with E-state index in [0.717, 1.165) is 0 Å². The molecule has 0 N–H and O–H groups in total. The quantitative estimate of drug-likeness (QED) is 0.476. The Balaban J connectivity index is 4.19. The third-order valence-electron chi connectivity index (χ3n) is 2.40. The van der Waals surface area contributed by atoms with Crippen LogP contribution in [0.2, 0.25) is 0 Å². The lowest BCUT2D eigenvalue weighted by molar-refractivity contribution is -0.179. The molecule has 4 heteroatoms. The van der Waals surface area contributed by atoms with Crippen molar-refractivity contribution in [1.82, 2.24) is 0 Å². The molecule has 0 aliphatic heterocycles. The fourth-order valence-electron chi connectivity index (χ4n) is 1.61. The van der Waals surface area contributed by atoms with Crippen molar-refractivity contribution in [2.24, 2.45) is 5.92 Å². The van der Waals surface area contributed by atoms with Gasteiger partial charge in [0.25, 0.3) is 0 Å². The second kappa shape index (κ2) is 8.53. The van der Waals surface area contributed by atoms with E-state index in [-0.39, 0.29) is 24.3 Å². The summed E-state index contributed by atoms with van der Waals surface area (Å²) in [4.78, 5) is 11.6. The molecule has 0 saturated heterocycles. The Kier molecular flexibility index (Phi) is 8.21. The first-order valence-electron chi connectivity index (χ1n) is 6.00. The third kappa shape index (κ3) is 5.47. The number of carbonyl (C=O) groups excluding carboxylic acids is 1. The van der Waals surface area contributed by atoms with Gasteiger partial charge in [0.1, 0.15) is 0 Å². The van der Waals surface area contributed by atoms with Gasteiger partial charge in [-0.25, -0.2) is 0 Å². The third-order valence-corrected chi connectivity index (χ3v) is 2.40. The molecular weight excluding hydrogens is 208 g/mol. The predicted octanol–water partition coefficient (Wildman–Crippen LogP) is 2.36. The Morgan fingerprint density at radius 2 is 1.75 bits per heavy atom. The number of hydrogen-bond acceptors (Lipinski definition) is 4. The molecule has 3 atom stereocenters. The van der Waals surface area contributed by atoms with Crippen LogP contribution in [0.3, 0.4) is 0 Å². The van der Waals surface area contributed by atoms with Crippen LogP contribution in [0.5, 0.6) is 0 Å². The second-order valence-corrected chi connectivity index (χ2v) is 3.63. The molecule has 16 heavy (non-hydrogen) atoms. The smallest absolute Gasteiger partial charge is 0.311 e. The van der Waals surface area contributed by atoms with Crippen molar-refractivity contribution in [2.75, 3.05) is 13.2 Å². The SMILES string of the molecule is CCOC(=O)C(CC)C(C)OC(C)OCC. The molecule has 0 rings (SSSR count). The second-order valence-electron chi connectivity index (χ2n) is 3.63. The van der Waals surface area contributed by atoms with Gasteiger partial charge < -0.3 is 14.2 Å². The molecule has 3 unspecified atom stereocenters. The van der Waals surface area contributed by atoms with Crippen LogP contribution in [-0.4, -0.2) is 31.6 Å². The fraction of sp³-hybridized carbons (Fsp3) is 0.917. The molecule has 0 fully saturated rings. The van der Waals surface area contributed by atoms with Crippen molar-refractivity contribution in [1.29, 1.82) is 0 Å². The van der Waals surface area contributed by atoms with Gasteiger partial charge in [0.05, 0.1) is 18.6 Å². The van der Waals surface area contributed by atoms with E-state index in [9.17, 15) is 4.79 Å². The lowest BCUT2D eigenvalue weighted by atomic mass is 10.0. The minimum atomic E-state index is -0.288. The lowest BCUT2D eigenvalue weighted by Gasteiger charge is -2.24. The van der Waals surface area contributed by atoms with Crippen LogP contribution >= 0.6 is 0 Å². The van der Waals surface area contributed by atoms with Crippen LogP contribution in [0.15, 0.2) is 0 Å². The zero-order valence-corrected chi connectivity index (χ0v) is 11.0. The summed E-state index contributed by atoms with van der Waals surface area (Å²) in [5, 5.41) is 0. The average Bonchev–Trinajstić information content (AvgIpc) is 2.19. The predicted molar refractivity (Wildman–Crippen MR) is 62.0 cm³/mol. The van der Waals surface area contributed by atoms with E-state index in [4.69, 9.17) is 14.2 Å². The number of hydrogen-bond donors (Lipinski definition) is 0. The molecule has 0 saturated carbocycles. The number of carbonyl (C=O) groups is 1. The van der Waals surface area contributed by atoms with Crippen molar-refractivity contribution in [3.63, 3.8) is 0 Å². The molecule has 0 radical (unpaired) electrons. The van der Waals surface area contributed by atoms with E-state index in [0.29, 0.717) is 19.6 Å². The first-order chi connectivity index (χ1) is 7.56. The summed E-state index contributed by atoms with van der Waals surface area (Å²) in [6.07, 6.45) is 0.229. The highest BCUT2D eigenvalue weighted by molar-refractivity contribution is 5.72.